The molecule has 0 radical (unpaired) electrons. The van der Waals surface area contributed by atoms with Crippen LogP contribution in [0.1, 0.15) is 27.7 Å². The van der Waals surface area contributed by atoms with Crippen molar-refractivity contribution in [2.24, 2.45) is 0 Å². The van der Waals surface area contributed by atoms with E-state index in [1.807, 2.05) is 0 Å². The van der Waals surface area contributed by atoms with E-state index in [2.05, 4.69) is 0 Å². The zero-order chi connectivity index (χ0) is 13.3. The van der Waals surface area contributed by atoms with Crippen LogP contribution in [0, 0.1) is 0 Å². The van der Waals surface area contributed by atoms with Crippen LogP contribution in [0.4, 0.5) is 0 Å². The van der Waals surface area contributed by atoms with E-state index in [0.717, 1.165) is 0 Å². The highest BCUT2D eigenvalue weighted by molar-refractivity contribution is 7.48. The maximum Gasteiger partial charge on any atom is 0.530 e. The van der Waals surface area contributed by atoms with Gasteiger partial charge in [-0.3, -0.25) is 9.05 Å². The van der Waals surface area contributed by atoms with Crippen molar-refractivity contribution in [1.82, 2.24) is 0 Å². The molecule has 0 amide bonds. The summed E-state index contributed by atoms with van der Waals surface area (Å²) in [5.74, 6) is -0.883. The Morgan fingerprint density at radius 3 is 2.00 bits per heavy atom. The molecule has 100 valence electrons. The third kappa shape index (κ3) is 5.86. The normalized spacial score (nSPS) is 12.4. The van der Waals surface area contributed by atoms with Gasteiger partial charge < -0.3 is 9.26 Å². The zero-order valence-electron chi connectivity index (χ0n) is 10.6. The quantitative estimate of drug-likeness (QED) is 0.291. The molecule has 0 aromatic rings. The van der Waals surface area contributed by atoms with E-state index in [4.69, 9.17) is 18.3 Å². The lowest BCUT2D eigenvalue weighted by atomic mass is 10.5. The van der Waals surface area contributed by atoms with E-state index in [0.29, 0.717) is 0 Å². The van der Waals surface area contributed by atoms with Crippen molar-refractivity contribution in [1.29, 1.82) is 0 Å². The van der Waals surface area contributed by atoms with E-state index < -0.39 is 13.8 Å². The second kappa shape index (κ2) is 8.28. The summed E-state index contributed by atoms with van der Waals surface area (Å²) in [6.45, 7) is 7.02. The van der Waals surface area contributed by atoms with E-state index >= 15 is 0 Å². The van der Waals surface area contributed by atoms with Crippen molar-refractivity contribution in [3.05, 3.63) is 11.8 Å². The maximum atomic E-state index is 12.0. The summed E-state index contributed by atoms with van der Waals surface area (Å²) in [5, 5.41) is 0. The fourth-order valence-corrected chi connectivity index (χ4v) is 2.17. The molecule has 0 saturated heterocycles. The number of hydrogen-bond acceptors (Lipinski definition) is 6. The summed E-state index contributed by atoms with van der Waals surface area (Å²) in [4.78, 5) is 11.4. The lowest BCUT2D eigenvalue weighted by Crippen LogP contribution is -2.11. The van der Waals surface area contributed by atoms with Crippen LogP contribution in [0.25, 0.3) is 0 Å². The first-order valence-corrected chi connectivity index (χ1v) is 6.91. The van der Waals surface area contributed by atoms with Crippen LogP contribution in [0.3, 0.4) is 0 Å². The number of allylic oxidation sites excluding steroid dienone is 1. The largest absolute Gasteiger partial charge is 0.530 e. The summed E-state index contributed by atoms with van der Waals surface area (Å²) in [6, 6.07) is 0. The number of hydrogen-bond donors (Lipinski definition) is 0. The van der Waals surface area contributed by atoms with Crippen molar-refractivity contribution < 1.29 is 27.7 Å². The van der Waals surface area contributed by atoms with E-state index in [9.17, 15) is 9.36 Å². The molecule has 0 aromatic carbocycles. The first-order valence-electron chi connectivity index (χ1n) is 5.45. The van der Waals surface area contributed by atoms with Crippen LogP contribution in [0.5, 0.6) is 0 Å². The van der Waals surface area contributed by atoms with Gasteiger partial charge in [0.2, 0.25) is 5.76 Å². The number of ether oxygens (including phenoxy) is 1. The van der Waals surface area contributed by atoms with Crippen LogP contribution in [-0.2, 0) is 27.7 Å². The van der Waals surface area contributed by atoms with E-state index in [1.54, 1.807) is 27.7 Å². The Morgan fingerprint density at radius 2 is 1.65 bits per heavy atom. The number of phosphoric acid groups is 1. The van der Waals surface area contributed by atoms with Gasteiger partial charge in [0.15, 0.2) is 0 Å². The molecule has 0 N–H and O–H groups in total. The molecule has 6 nitrogen and oxygen atoms in total. The van der Waals surface area contributed by atoms with Crippen molar-refractivity contribution in [3.8, 4) is 0 Å². The summed E-state index contributed by atoms with van der Waals surface area (Å²) >= 11 is 0. The lowest BCUT2D eigenvalue weighted by molar-refractivity contribution is -0.141. The molecule has 0 rings (SSSR count). The Kier molecular flexibility index (Phi) is 7.87. The fraction of sp³-hybridized carbons (Fsp3) is 0.700. The molecular formula is C10H19O6P. The second-order valence-electron chi connectivity index (χ2n) is 2.75. The van der Waals surface area contributed by atoms with Crippen molar-refractivity contribution >= 4 is 13.8 Å². The topological polar surface area (TPSA) is 71.1 Å². The first kappa shape index (κ1) is 16.2. The number of rotatable bonds is 8. The predicted molar refractivity (Wildman–Crippen MR) is 62.3 cm³/mol. The standard InChI is InChI=1S/C10H19O6P/c1-5-9(10(11)13-6-2)16-17(12,14-7-3)15-8-4/h5H,6-8H2,1-4H3. The van der Waals surface area contributed by atoms with Crippen LogP contribution in [-0.4, -0.2) is 25.8 Å². The van der Waals surface area contributed by atoms with Crippen molar-refractivity contribution in [3.63, 3.8) is 0 Å². The number of carbonyl (C=O) groups excluding carboxylic acids is 1. The number of esters is 1. The highest BCUT2D eigenvalue weighted by atomic mass is 31.2. The third-order valence-corrected chi connectivity index (χ3v) is 3.09. The monoisotopic (exact) mass is 266 g/mol. The van der Waals surface area contributed by atoms with E-state index in [-0.39, 0.29) is 25.6 Å². The average Bonchev–Trinajstić information content (AvgIpc) is 2.27. The molecule has 0 spiro atoms. The molecule has 7 heteroatoms. The summed E-state index contributed by atoms with van der Waals surface area (Å²) < 4.78 is 31.5. The first-order chi connectivity index (χ1) is 8.02. The van der Waals surface area contributed by atoms with Crippen LogP contribution >= 0.6 is 7.82 Å². The Bertz CT molecular complexity index is 302. The second-order valence-corrected chi connectivity index (χ2v) is 4.34. The minimum absolute atomic E-state index is 0.150. The molecule has 0 atom stereocenters. The van der Waals surface area contributed by atoms with Gasteiger partial charge in [-0.25, -0.2) is 9.36 Å². The van der Waals surface area contributed by atoms with Crippen LogP contribution in [0.15, 0.2) is 11.8 Å². The molecule has 17 heavy (non-hydrogen) atoms. The number of carbonyl (C=O) groups is 1. The minimum Gasteiger partial charge on any atom is -0.460 e. The molecular weight excluding hydrogens is 247 g/mol. The number of phosphoric ester groups is 1. The van der Waals surface area contributed by atoms with Crippen LogP contribution < -0.4 is 0 Å². The fourth-order valence-electron chi connectivity index (χ4n) is 0.937. The summed E-state index contributed by atoms with van der Waals surface area (Å²) in [7, 11) is -3.74. The van der Waals surface area contributed by atoms with Gasteiger partial charge in [0, 0.05) is 0 Å². The summed E-state index contributed by atoms with van der Waals surface area (Å²) in [5.41, 5.74) is 0. The molecule has 0 aliphatic carbocycles. The smallest absolute Gasteiger partial charge is 0.460 e. The van der Waals surface area contributed by atoms with E-state index in [1.165, 1.54) is 6.08 Å². The molecule has 0 aromatic heterocycles. The third-order valence-electron chi connectivity index (χ3n) is 1.52. The minimum atomic E-state index is -3.74. The Balaban J connectivity index is 4.72. The average molecular weight is 266 g/mol. The van der Waals surface area contributed by atoms with Crippen LogP contribution in [0.2, 0.25) is 0 Å². The Hall–Kier alpha value is -0.840. The highest BCUT2D eigenvalue weighted by Crippen LogP contribution is 2.51. The molecule has 0 saturated carbocycles. The molecule has 0 heterocycles. The molecule has 0 fully saturated rings. The van der Waals surface area contributed by atoms with Gasteiger partial charge in [-0.1, -0.05) is 0 Å². The van der Waals surface area contributed by atoms with Gasteiger partial charge >= 0.3 is 13.8 Å². The Morgan fingerprint density at radius 1 is 1.12 bits per heavy atom. The van der Waals surface area contributed by atoms with Gasteiger partial charge in [0.25, 0.3) is 0 Å². The van der Waals surface area contributed by atoms with Crippen molar-refractivity contribution in [2.75, 3.05) is 19.8 Å². The van der Waals surface area contributed by atoms with Gasteiger partial charge in [-0.05, 0) is 33.8 Å². The molecule has 0 aliphatic heterocycles. The van der Waals surface area contributed by atoms with Gasteiger partial charge in [0.1, 0.15) is 0 Å². The SMILES string of the molecule is CC=C(OP(=O)(OCC)OCC)C(=O)OCC. The van der Waals surface area contributed by atoms with Gasteiger partial charge in [-0.2, -0.15) is 0 Å². The zero-order valence-corrected chi connectivity index (χ0v) is 11.5. The molecule has 0 bridgehead atoms. The maximum absolute atomic E-state index is 12.0. The summed E-state index contributed by atoms with van der Waals surface area (Å²) in [6.07, 6.45) is 1.35. The van der Waals surface area contributed by atoms with Gasteiger partial charge in [-0.15, -0.1) is 0 Å². The Labute approximate surface area is 101 Å². The lowest BCUT2D eigenvalue weighted by Gasteiger charge is -2.17. The van der Waals surface area contributed by atoms with Crippen molar-refractivity contribution in [2.45, 2.75) is 27.7 Å². The molecule has 0 unspecified atom stereocenters. The molecule has 0 aliphatic rings. The van der Waals surface area contributed by atoms with Gasteiger partial charge in [0.05, 0.1) is 19.8 Å². The highest BCUT2D eigenvalue weighted by Gasteiger charge is 2.30. The predicted octanol–water partition coefficient (Wildman–Crippen LogP) is 2.65.